The second-order valence-corrected chi connectivity index (χ2v) is 7.88. The van der Waals surface area contributed by atoms with Crippen molar-refractivity contribution in [2.24, 2.45) is 17.8 Å². The number of rotatable bonds is 2. The van der Waals surface area contributed by atoms with Crippen LogP contribution in [-0.2, 0) is 5.41 Å². The van der Waals surface area contributed by atoms with Crippen LogP contribution in [0.15, 0.2) is 24.3 Å². The predicted molar refractivity (Wildman–Crippen MR) is 88.0 cm³/mol. The van der Waals surface area contributed by atoms with E-state index in [1.54, 1.807) is 0 Å². The van der Waals surface area contributed by atoms with Gasteiger partial charge in [-0.05, 0) is 42.9 Å². The first-order valence-corrected chi connectivity index (χ1v) is 9.00. The third-order valence-electron chi connectivity index (χ3n) is 7.43. The Bertz CT molecular complexity index is 603. The van der Waals surface area contributed by atoms with E-state index in [1.807, 2.05) is 0 Å². The van der Waals surface area contributed by atoms with Crippen molar-refractivity contribution in [3.63, 3.8) is 0 Å². The smallest absolute Gasteiger partial charge is 0.0481 e. The average Bonchev–Trinajstić information content (AvgIpc) is 3.11. The molecule has 118 valence electrons. The summed E-state index contributed by atoms with van der Waals surface area (Å²) in [5.41, 5.74) is 3.10. The van der Waals surface area contributed by atoms with Crippen LogP contribution >= 0.6 is 0 Å². The lowest BCUT2D eigenvalue weighted by Gasteiger charge is -2.56. The van der Waals surface area contributed by atoms with E-state index in [9.17, 15) is 5.11 Å². The molecule has 5 rings (SSSR count). The van der Waals surface area contributed by atoms with Crippen molar-refractivity contribution < 1.29 is 5.11 Å². The van der Waals surface area contributed by atoms with E-state index in [4.69, 9.17) is 0 Å². The highest BCUT2D eigenvalue weighted by Crippen LogP contribution is 2.61. The summed E-state index contributed by atoms with van der Waals surface area (Å²) < 4.78 is 0. The third kappa shape index (κ3) is 1.40. The second-order valence-electron chi connectivity index (χ2n) is 7.88. The number of nitrogens with zero attached hydrogens (tertiary/aromatic N) is 1. The lowest BCUT2D eigenvalue weighted by molar-refractivity contribution is -0.0363. The molecule has 0 unspecified atom stereocenters. The second kappa shape index (κ2) is 4.48. The Kier molecular flexibility index (Phi) is 2.73. The first-order valence-electron chi connectivity index (χ1n) is 9.00. The molecule has 1 aliphatic carbocycles. The zero-order valence-corrected chi connectivity index (χ0v) is 13.3. The highest BCUT2D eigenvalue weighted by Gasteiger charge is 2.65. The largest absolute Gasteiger partial charge is 0.396 e. The standard InChI is InChI=1S/C19H26N2O/c1-2-12-10-21-8-7-19-15-5-3-4-6-16(15)20-18(19)14(11-22)13(12)9-17(19)21/h3-6,12-14,17-18,20,22H,2,7-11H2,1H3/t12-,13+,14-,17+,18+,19-/m0/s1. The van der Waals surface area contributed by atoms with E-state index in [1.165, 1.54) is 43.6 Å². The average molecular weight is 298 g/mol. The predicted octanol–water partition coefficient (Wildman–Crippen LogP) is 2.46. The fourth-order valence-corrected chi connectivity index (χ4v) is 6.53. The summed E-state index contributed by atoms with van der Waals surface area (Å²) in [5.74, 6) is 1.86. The number of fused-ring (bicyclic) bond motifs is 2. The zero-order chi connectivity index (χ0) is 14.9. The van der Waals surface area contributed by atoms with E-state index >= 15 is 0 Å². The monoisotopic (exact) mass is 298 g/mol. The zero-order valence-electron chi connectivity index (χ0n) is 13.3. The minimum Gasteiger partial charge on any atom is -0.396 e. The van der Waals surface area contributed by atoms with Crippen LogP contribution in [0.3, 0.4) is 0 Å². The van der Waals surface area contributed by atoms with Crippen molar-refractivity contribution in [3.05, 3.63) is 29.8 Å². The van der Waals surface area contributed by atoms with Crippen LogP contribution in [0, 0.1) is 17.8 Å². The number of benzene rings is 1. The van der Waals surface area contributed by atoms with E-state index in [-0.39, 0.29) is 5.41 Å². The van der Waals surface area contributed by atoms with Gasteiger partial charge in [-0.2, -0.15) is 0 Å². The molecule has 22 heavy (non-hydrogen) atoms. The van der Waals surface area contributed by atoms with Gasteiger partial charge in [0.25, 0.3) is 0 Å². The van der Waals surface area contributed by atoms with E-state index in [2.05, 4.69) is 41.4 Å². The molecule has 0 amide bonds. The van der Waals surface area contributed by atoms with Gasteiger partial charge in [-0.3, -0.25) is 4.90 Å². The van der Waals surface area contributed by atoms with Crippen LogP contribution in [0.4, 0.5) is 5.69 Å². The number of aliphatic hydroxyl groups is 1. The highest BCUT2D eigenvalue weighted by molar-refractivity contribution is 5.64. The summed E-state index contributed by atoms with van der Waals surface area (Å²) in [6.45, 7) is 5.15. The van der Waals surface area contributed by atoms with Gasteiger partial charge in [0.15, 0.2) is 0 Å². The number of hydrogen-bond acceptors (Lipinski definition) is 3. The molecule has 1 saturated carbocycles. The summed E-state index contributed by atoms with van der Waals surface area (Å²) in [7, 11) is 0. The third-order valence-corrected chi connectivity index (χ3v) is 7.43. The fraction of sp³-hybridized carbons (Fsp3) is 0.684. The van der Waals surface area contributed by atoms with Crippen molar-refractivity contribution in [2.45, 2.75) is 43.7 Å². The summed E-state index contributed by atoms with van der Waals surface area (Å²) in [6, 6.07) is 10.0. The molecule has 2 saturated heterocycles. The Morgan fingerprint density at radius 3 is 3.05 bits per heavy atom. The van der Waals surface area contributed by atoms with Crippen LogP contribution in [0.5, 0.6) is 0 Å². The molecule has 3 heteroatoms. The fourth-order valence-electron chi connectivity index (χ4n) is 6.53. The Hall–Kier alpha value is -1.06. The highest BCUT2D eigenvalue weighted by atomic mass is 16.3. The van der Waals surface area contributed by atoms with E-state index in [0.29, 0.717) is 30.5 Å². The molecule has 3 fully saturated rings. The van der Waals surface area contributed by atoms with Crippen LogP contribution in [0.1, 0.15) is 31.7 Å². The van der Waals surface area contributed by atoms with Gasteiger partial charge in [-0.25, -0.2) is 0 Å². The van der Waals surface area contributed by atoms with E-state index in [0.717, 1.165) is 5.92 Å². The normalized spacial score (nSPS) is 45.3. The van der Waals surface area contributed by atoms with Gasteiger partial charge in [0.2, 0.25) is 0 Å². The molecule has 1 aromatic carbocycles. The van der Waals surface area contributed by atoms with Gasteiger partial charge >= 0.3 is 0 Å². The summed E-state index contributed by atoms with van der Waals surface area (Å²) in [4.78, 5) is 2.77. The molecular formula is C19H26N2O. The van der Waals surface area contributed by atoms with Gasteiger partial charge < -0.3 is 10.4 Å². The Morgan fingerprint density at radius 1 is 1.36 bits per heavy atom. The minimum atomic E-state index is 0.249. The Morgan fingerprint density at radius 2 is 2.23 bits per heavy atom. The molecular weight excluding hydrogens is 272 g/mol. The quantitative estimate of drug-likeness (QED) is 0.880. The lowest BCUT2D eigenvalue weighted by atomic mass is 9.54. The number of hydrogen-bond donors (Lipinski definition) is 2. The molecule has 3 aliphatic heterocycles. The molecule has 4 aliphatic rings. The molecule has 0 radical (unpaired) electrons. The van der Waals surface area contributed by atoms with Gasteiger partial charge in [-0.1, -0.05) is 31.5 Å². The number of nitrogens with one attached hydrogen (secondary N) is 1. The lowest BCUT2D eigenvalue weighted by Crippen LogP contribution is -2.64. The SMILES string of the molecule is CC[C@H]1CN2CC[C@@]34c5ccccc5N[C@@H]3[C@@H](CO)[C@@H]1C[C@@H]24. The molecule has 1 aromatic rings. The molecule has 0 aromatic heterocycles. The van der Waals surface area contributed by atoms with Crippen LogP contribution in [0.2, 0.25) is 0 Å². The van der Waals surface area contributed by atoms with Crippen LogP contribution in [-0.4, -0.2) is 41.8 Å². The van der Waals surface area contributed by atoms with Gasteiger partial charge in [-0.15, -0.1) is 0 Å². The molecule has 2 N–H and O–H groups in total. The Balaban J connectivity index is 1.68. The van der Waals surface area contributed by atoms with E-state index < -0.39 is 0 Å². The maximum absolute atomic E-state index is 10.2. The van der Waals surface area contributed by atoms with Crippen molar-refractivity contribution in [1.82, 2.24) is 4.90 Å². The van der Waals surface area contributed by atoms with Crippen molar-refractivity contribution in [1.29, 1.82) is 0 Å². The summed E-state index contributed by atoms with van der Waals surface area (Å²) in [6.07, 6.45) is 3.79. The molecule has 2 bridgehead atoms. The first-order chi connectivity index (χ1) is 10.8. The molecule has 1 spiro atoms. The van der Waals surface area contributed by atoms with Crippen LogP contribution in [0.25, 0.3) is 0 Å². The number of aliphatic hydroxyl groups excluding tert-OH is 1. The summed E-state index contributed by atoms with van der Waals surface area (Å²) >= 11 is 0. The first kappa shape index (κ1) is 13.4. The number of piperidine rings is 1. The molecule has 3 heterocycles. The molecule has 3 nitrogen and oxygen atoms in total. The maximum Gasteiger partial charge on any atom is 0.0481 e. The van der Waals surface area contributed by atoms with Crippen molar-refractivity contribution in [2.75, 3.05) is 25.0 Å². The van der Waals surface area contributed by atoms with Gasteiger partial charge in [0.05, 0.1) is 0 Å². The van der Waals surface area contributed by atoms with Crippen LogP contribution < -0.4 is 5.32 Å². The number of para-hydroxylation sites is 1. The van der Waals surface area contributed by atoms with Crippen molar-refractivity contribution >= 4 is 5.69 Å². The maximum atomic E-state index is 10.2. The topological polar surface area (TPSA) is 35.5 Å². The minimum absolute atomic E-state index is 0.249. The van der Waals surface area contributed by atoms with Gasteiger partial charge in [0.1, 0.15) is 0 Å². The Labute approximate surface area is 132 Å². The molecule has 6 atom stereocenters. The van der Waals surface area contributed by atoms with Crippen molar-refractivity contribution in [3.8, 4) is 0 Å². The van der Waals surface area contributed by atoms with Gasteiger partial charge in [0, 0.05) is 42.3 Å². The summed E-state index contributed by atoms with van der Waals surface area (Å²) in [5, 5.41) is 14.1. The number of anilines is 1.